The maximum atomic E-state index is 11.7. The molecule has 1 aliphatic rings. The van der Waals surface area contributed by atoms with E-state index in [4.69, 9.17) is 0 Å². The van der Waals surface area contributed by atoms with Crippen molar-refractivity contribution >= 4 is 10.0 Å². The standard InChI is InChI=1S/C16H25NO3S/c1-13-5-3-7-15(9-13)16(12-18)10-14-6-4-8-17(11-14)21(2,19)20/h3,5,7,9,14,16,18H,4,6,8,10-12H2,1-2H3. The second kappa shape index (κ2) is 6.90. The molecule has 1 heterocycles. The number of aliphatic hydroxyl groups excluding tert-OH is 1. The number of piperidine rings is 1. The molecule has 21 heavy (non-hydrogen) atoms. The molecule has 2 unspecified atom stereocenters. The van der Waals surface area contributed by atoms with Gasteiger partial charge in [-0.2, -0.15) is 0 Å². The topological polar surface area (TPSA) is 57.6 Å². The van der Waals surface area contributed by atoms with Gasteiger partial charge in [-0.15, -0.1) is 0 Å². The number of sulfonamides is 1. The summed E-state index contributed by atoms with van der Waals surface area (Å²) in [5, 5.41) is 9.69. The lowest BCUT2D eigenvalue weighted by Crippen LogP contribution is -2.39. The highest BCUT2D eigenvalue weighted by Crippen LogP contribution is 2.30. The van der Waals surface area contributed by atoms with Crippen LogP contribution in [0.15, 0.2) is 24.3 Å². The van der Waals surface area contributed by atoms with E-state index in [9.17, 15) is 13.5 Å². The zero-order valence-electron chi connectivity index (χ0n) is 12.8. The highest BCUT2D eigenvalue weighted by atomic mass is 32.2. The summed E-state index contributed by atoms with van der Waals surface area (Å²) in [5.74, 6) is 0.417. The van der Waals surface area contributed by atoms with E-state index in [1.54, 1.807) is 4.31 Å². The van der Waals surface area contributed by atoms with Crippen molar-refractivity contribution in [2.24, 2.45) is 5.92 Å². The van der Waals surface area contributed by atoms with Crippen molar-refractivity contribution < 1.29 is 13.5 Å². The predicted molar refractivity (Wildman–Crippen MR) is 84.8 cm³/mol. The van der Waals surface area contributed by atoms with Crippen LogP contribution in [0.5, 0.6) is 0 Å². The summed E-state index contributed by atoms with van der Waals surface area (Å²) >= 11 is 0. The first kappa shape index (κ1) is 16.5. The number of benzene rings is 1. The minimum Gasteiger partial charge on any atom is -0.396 e. The Hall–Kier alpha value is -0.910. The first-order valence-electron chi connectivity index (χ1n) is 7.52. The van der Waals surface area contributed by atoms with Crippen LogP contribution < -0.4 is 0 Å². The Morgan fingerprint density at radius 2 is 2.19 bits per heavy atom. The van der Waals surface area contributed by atoms with Gasteiger partial charge >= 0.3 is 0 Å². The van der Waals surface area contributed by atoms with E-state index in [0.717, 1.165) is 24.8 Å². The average molecular weight is 311 g/mol. The summed E-state index contributed by atoms with van der Waals surface area (Å²) in [6, 6.07) is 8.21. The van der Waals surface area contributed by atoms with Gasteiger partial charge in [0.05, 0.1) is 6.26 Å². The highest BCUT2D eigenvalue weighted by molar-refractivity contribution is 7.88. The minimum atomic E-state index is -3.10. The lowest BCUT2D eigenvalue weighted by Gasteiger charge is -2.32. The molecule has 1 aromatic rings. The largest absolute Gasteiger partial charge is 0.396 e. The number of hydrogen-bond acceptors (Lipinski definition) is 3. The van der Waals surface area contributed by atoms with E-state index >= 15 is 0 Å². The summed E-state index contributed by atoms with van der Waals surface area (Å²) < 4.78 is 24.9. The Balaban J connectivity index is 2.05. The average Bonchev–Trinajstić information content (AvgIpc) is 2.44. The monoisotopic (exact) mass is 311 g/mol. The zero-order chi connectivity index (χ0) is 15.5. The fourth-order valence-electron chi connectivity index (χ4n) is 3.16. The Morgan fingerprint density at radius 1 is 1.43 bits per heavy atom. The molecule has 5 heteroatoms. The van der Waals surface area contributed by atoms with Crippen molar-refractivity contribution in [3.05, 3.63) is 35.4 Å². The van der Waals surface area contributed by atoms with Crippen LogP contribution in [-0.2, 0) is 10.0 Å². The number of rotatable bonds is 5. The van der Waals surface area contributed by atoms with Gasteiger partial charge in [0.2, 0.25) is 10.0 Å². The van der Waals surface area contributed by atoms with Crippen LogP contribution in [0, 0.1) is 12.8 Å². The number of aryl methyl sites for hydroxylation is 1. The van der Waals surface area contributed by atoms with Crippen LogP contribution in [-0.4, -0.2) is 43.8 Å². The van der Waals surface area contributed by atoms with Crippen molar-refractivity contribution in [2.75, 3.05) is 26.0 Å². The fraction of sp³-hybridized carbons (Fsp3) is 0.625. The van der Waals surface area contributed by atoms with Gasteiger partial charge in [-0.25, -0.2) is 12.7 Å². The number of aliphatic hydroxyl groups is 1. The van der Waals surface area contributed by atoms with Gasteiger partial charge in [0, 0.05) is 25.6 Å². The highest BCUT2D eigenvalue weighted by Gasteiger charge is 2.27. The third-order valence-electron chi connectivity index (χ3n) is 4.30. The Kier molecular flexibility index (Phi) is 5.41. The molecule has 0 amide bonds. The van der Waals surface area contributed by atoms with Crippen molar-refractivity contribution in [1.29, 1.82) is 0 Å². The van der Waals surface area contributed by atoms with E-state index in [0.29, 0.717) is 19.0 Å². The molecule has 0 aliphatic carbocycles. The normalized spacial score (nSPS) is 22.1. The summed E-state index contributed by atoms with van der Waals surface area (Å²) in [5.41, 5.74) is 2.33. The molecule has 2 atom stereocenters. The lowest BCUT2D eigenvalue weighted by atomic mass is 9.85. The Bertz CT molecular complexity index is 571. The van der Waals surface area contributed by atoms with E-state index < -0.39 is 10.0 Å². The molecule has 1 aromatic carbocycles. The van der Waals surface area contributed by atoms with Crippen molar-refractivity contribution in [3.8, 4) is 0 Å². The second-order valence-corrected chi connectivity index (χ2v) is 8.14. The molecule has 0 bridgehead atoms. The smallest absolute Gasteiger partial charge is 0.211 e. The Morgan fingerprint density at radius 3 is 2.81 bits per heavy atom. The van der Waals surface area contributed by atoms with Gasteiger partial charge in [0.15, 0.2) is 0 Å². The summed E-state index contributed by atoms with van der Waals surface area (Å²) in [6.45, 7) is 3.37. The molecular weight excluding hydrogens is 286 g/mol. The van der Waals surface area contributed by atoms with Gasteiger partial charge in [-0.1, -0.05) is 29.8 Å². The Labute approximate surface area is 127 Å². The van der Waals surface area contributed by atoms with Crippen LogP contribution in [0.4, 0.5) is 0 Å². The van der Waals surface area contributed by atoms with Gasteiger partial charge in [-0.3, -0.25) is 0 Å². The van der Waals surface area contributed by atoms with Crippen LogP contribution in [0.1, 0.15) is 36.3 Å². The second-order valence-electron chi connectivity index (χ2n) is 6.16. The van der Waals surface area contributed by atoms with E-state index in [1.807, 2.05) is 25.1 Å². The molecule has 1 fully saturated rings. The minimum absolute atomic E-state index is 0.0920. The fourth-order valence-corrected chi connectivity index (χ4v) is 4.11. The third-order valence-corrected chi connectivity index (χ3v) is 5.57. The van der Waals surface area contributed by atoms with Gasteiger partial charge in [0.1, 0.15) is 0 Å². The molecular formula is C16H25NO3S. The van der Waals surface area contributed by atoms with Crippen LogP contribution >= 0.6 is 0 Å². The maximum Gasteiger partial charge on any atom is 0.211 e. The summed E-state index contributed by atoms with van der Waals surface area (Å²) in [6.07, 6.45) is 4.06. The third kappa shape index (κ3) is 4.53. The molecule has 2 rings (SSSR count). The van der Waals surface area contributed by atoms with Crippen LogP contribution in [0.2, 0.25) is 0 Å². The quantitative estimate of drug-likeness (QED) is 0.906. The van der Waals surface area contributed by atoms with Crippen molar-refractivity contribution in [1.82, 2.24) is 4.31 Å². The van der Waals surface area contributed by atoms with Crippen LogP contribution in [0.3, 0.4) is 0 Å². The van der Waals surface area contributed by atoms with Crippen molar-refractivity contribution in [2.45, 2.75) is 32.1 Å². The van der Waals surface area contributed by atoms with Crippen LogP contribution in [0.25, 0.3) is 0 Å². The molecule has 0 aromatic heterocycles. The molecule has 1 aliphatic heterocycles. The number of nitrogens with zero attached hydrogens (tertiary/aromatic N) is 1. The van der Waals surface area contributed by atoms with Crippen molar-refractivity contribution in [3.63, 3.8) is 0 Å². The van der Waals surface area contributed by atoms with Gasteiger partial charge in [0.25, 0.3) is 0 Å². The van der Waals surface area contributed by atoms with E-state index in [2.05, 4.69) is 6.07 Å². The molecule has 0 saturated carbocycles. The molecule has 0 spiro atoms. The zero-order valence-corrected chi connectivity index (χ0v) is 13.6. The molecule has 4 nitrogen and oxygen atoms in total. The predicted octanol–water partition coefficient (Wildman–Crippen LogP) is 2.13. The lowest BCUT2D eigenvalue weighted by molar-refractivity contribution is 0.206. The molecule has 1 saturated heterocycles. The first-order chi connectivity index (χ1) is 9.90. The number of hydrogen-bond donors (Lipinski definition) is 1. The van der Waals surface area contributed by atoms with E-state index in [-0.39, 0.29) is 12.5 Å². The van der Waals surface area contributed by atoms with E-state index in [1.165, 1.54) is 11.8 Å². The summed E-state index contributed by atoms with van der Waals surface area (Å²) in [7, 11) is -3.10. The maximum absolute atomic E-state index is 11.7. The molecule has 1 N–H and O–H groups in total. The first-order valence-corrected chi connectivity index (χ1v) is 9.37. The SMILES string of the molecule is Cc1cccc(C(CO)CC2CCCN(S(C)(=O)=O)C2)c1. The van der Waals surface area contributed by atoms with Gasteiger partial charge < -0.3 is 5.11 Å². The summed E-state index contributed by atoms with van der Waals surface area (Å²) in [4.78, 5) is 0. The van der Waals surface area contributed by atoms with Gasteiger partial charge in [-0.05, 0) is 37.7 Å². The molecule has 118 valence electrons. The molecule has 0 radical (unpaired) electrons.